The van der Waals surface area contributed by atoms with Crippen molar-refractivity contribution >= 4 is 27.8 Å². The summed E-state index contributed by atoms with van der Waals surface area (Å²) < 4.78 is 0. The van der Waals surface area contributed by atoms with Crippen LogP contribution in [0.5, 0.6) is 0 Å². The second kappa shape index (κ2) is 5.49. The number of nitro groups is 1. The molecule has 0 amide bonds. The fraction of sp³-hybridized carbons (Fsp3) is 0.615. The molecule has 20 heavy (non-hydrogen) atoms. The number of nitrogens with zero attached hydrogens (tertiary/aromatic N) is 2. The van der Waals surface area contributed by atoms with Crippen LogP contribution in [0.4, 0.5) is 10.7 Å². The van der Waals surface area contributed by atoms with Gasteiger partial charge in [-0.3, -0.25) is 14.9 Å². The van der Waals surface area contributed by atoms with E-state index in [-0.39, 0.29) is 11.5 Å². The Morgan fingerprint density at radius 1 is 1.50 bits per heavy atom. The summed E-state index contributed by atoms with van der Waals surface area (Å²) in [5.41, 5.74) is -0.730. The zero-order chi connectivity index (χ0) is 14.9. The predicted octanol–water partition coefficient (Wildman–Crippen LogP) is 2.60. The van der Waals surface area contributed by atoms with Crippen molar-refractivity contribution in [3.05, 3.63) is 21.1 Å². The lowest BCUT2D eigenvalue weighted by Gasteiger charge is -2.22. The van der Waals surface area contributed by atoms with Crippen LogP contribution in [0.1, 0.15) is 42.8 Å². The fourth-order valence-corrected chi connectivity index (χ4v) is 3.44. The number of thiophene rings is 1. The average Bonchev–Trinajstić information content (AvgIpc) is 2.71. The molecular weight excluding hydrogens is 280 g/mol. The summed E-state index contributed by atoms with van der Waals surface area (Å²) in [6, 6.07) is 1.35. The molecule has 1 aliphatic heterocycles. The first-order valence-electron chi connectivity index (χ1n) is 6.57. The molecular formula is C13H18N2O4S. The second-order valence-electron chi connectivity index (χ2n) is 5.45. The minimum Gasteiger partial charge on any atom is -0.390 e. The van der Waals surface area contributed by atoms with Crippen LogP contribution in [0, 0.1) is 10.1 Å². The van der Waals surface area contributed by atoms with E-state index < -0.39 is 10.5 Å². The van der Waals surface area contributed by atoms with Crippen LogP contribution in [-0.4, -0.2) is 34.5 Å². The molecule has 0 saturated carbocycles. The number of rotatable bonds is 3. The summed E-state index contributed by atoms with van der Waals surface area (Å²) in [6.45, 7) is 4.42. The van der Waals surface area contributed by atoms with Gasteiger partial charge in [-0.15, -0.1) is 11.3 Å². The Balaban J connectivity index is 2.31. The van der Waals surface area contributed by atoms with E-state index in [4.69, 9.17) is 0 Å². The molecule has 6 nitrogen and oxygen atoms in total. The van der Waals surface area contributed by atoms with E-state index >= 15 is 0 Å². The number of anilines is 1. The first-order chi connectivity index (χ1) is 9.30. The third kappa shape index (κ3) is 3.16. The van der Waals surface area contributed by atoms with Gasteiger partial charge in [-0.1, -0.05) is 0 Å². The van der Waals surface area contributed by atoms with Crippen LogP contribution in [0.25, 0.3) is 0 Å². The Kier molecular flexibility index (Phi) is 4.10. The van der Waals surface area contributed by atoms with Gasteiger partial charge in [0, 0.05) is 19.2 Å². The maximum atomic E-state index is 11.4. The van der Waals surface area contributed by atoms with Crippen molar-refractivity contribution in [2.24, 2.45) is 0 Å². The molecule has 110 valence electrons. The van der Waals surface area contributed by atoms with Gasteiger partial charge in [0.2, 0.25) is 0 Å². The number of aliphatic hydroxyl groups is 1. The van der Waals surface area contributed by atoms with Gasteiger partial charge in [-0.2, -0.15) is 0 Å². The van der Waals surface area contributed by atoms with E-state index in [0.717, 1.165) is 17.8 Å². The SMILES string of the molecule is CC(=O)c1cc([N+](=O)[O-])c(N2CCCC(C)(O)CC2)s1. The number of Topliss-reactive ketones (excluding diaryl/α,β-unsaturated/α-hetero) is 1. The number of hydrogen-bond acceptors (Lipinski definition) is 6. The topological polar surface area (TPSA) is 83.7 Å². The minimum absolute atomic E-state index is 0.0123. The maximum absolute atomic E-state index is 11.4. The van der Waals surface area contributed by atoms with Gasteiger partial charge >= 0.3 is 5.69 Å². The Morgan fingerprint density at radius 3 is 2.80 bits per heavy atom. The molecule has 7 heteroatoms. The maximum Gasteiger partial charge on any atom is 0.304 e. The number of carbonyl (C=O) groups excluding carboxylic acids is 1. The minimum atomic E-state index is -0.718. The summed E-state index contributed by atoms with van der Waals surface area (Å²) in [5, 5.41) is 21.7. The highest BCUT2D eigenvalue weighted by Crippen LogP contribution is 2.39. The summed E-state index contributed by atoms with van der Waals surface area (Å²) in [6.07, 6.45) is 2.02. The molecule has 1 aromatic rings. The molecule has 1 atom stereocenters. The van der Waals surface area contributed by atoms with Gasteiger partial charge in [-0.25, -0.2) is 0 Å². The lowest BCUT2D eigenvalue weighted by molar-refractivity contribution is -0.383. The van der Waals surface area contributed by atoms with E-state index in [0.29, 0.717) is 35.8 Å². The molecule has 0 aliphatic carbocycles. The lowest BCUT2D eigenvalue weighted by atomic mass is 9.98. The fourth-order valence-electron chi connectivity index (χ4n) is 2.37. The molecule has 2 heterocycles. The van der Waals surface area contributed by atoms with E-state index in [9.17, 15) is 20.0 Å². The van der Waals surface area contributed by atoms with Crippen molar-refractivity contribution < 1.29 is 14.8 Å². The van der Waals surface area contributed by atoms with E-state index in [1.807, 2.05) is 4.90 Å². The first-order valence-corrected chi connectivity index (χ1v) is 7.38. The summed E-state index contributed by atoms with van der Waals surface area (Å²) >= 11 is 1.16. The monoisotopic (exact) mass is 298 g/mol. The normalized spacial score (nSPS) is 23.4. The predicted molar refractivity (Wildman–Crippen MR) is 77.7 cm³/mol. The zero-order valence-electron chi connectivity index (χ0n) is 11.6. The van der Waals surface area contributed by atoms with Gasteiger partial charge in [0.25, 0.3) is 0 Å². The molecule has 1 aromatic heterocycles. The van der Waals surface area contributed by atoms with E-state index in [1.54, 1.807) is 6.92 Å². The Hall–Kier alpha value is -1.47. The second-order valence-corrected chi connectivity index (χ2v) is 6.48. The van der Waals surface area contributed by atoms with Crippen LogP contribution in [0.15, 0.2) is 6.07 Å². The van der Waals surface area contributed by atoms with Crippen LogP contribution in [0.2, 0.25) is 0 Å². The van der Waals surface area contributed by atoms with E-state index in [1.165, 1.54) is 13.0 Å². The highest BCUT2D eigenvalue weighted by Gasteiger charge is 2.30. The van der Waals surface area contributed by atoms with Gasteiger partial charge < -0.3 is 10.0 Å². The van der Waals surface area contributed by atoms with Crippen molar-refractivity contribution in [2.75, 3.05) is 18.0 Å². The summed E-state index contributed by atoms with van der Waals surface area (Å²) in [7, 11) is 0. The Bertz CT molecular complexity index is 538. The molecule has 0 bridgehead atoms. The molecule has 1 aliphatic rings. The Labute approximate surface area is 121 Å². The van der Waals surface area contributed by atoms with E-state index in [2.05, 4.69) is 0 Å². The molecule has 0 radical (unpaired) electrons. The van der Waals surface area contributed by atoms with Gasteiger partial charge in [0.15, 0.2) is 10.8 Å². The van der Waals surface area contributed by atoms with Crippen LogP contribution in [0.3, 0.4) is 0 Å². The standard InChI is InChI=1S/C13H18N2O4S/c1-9(16)11-8-10(15(18)19)12(20-11)14-6-3-4-13(2,17)5-7-14/h8,17H,3-7H2,1-2H3. The molecule has 1 unspecified atom stereocenters. The van der Waals surface area contributed by atoms with Crippen molar-refractivity contribution in [1.29, 1.82) is 0 Å². The van der Waals surface area contributed by atoms with Gasteiger partial charge in [-0.05, 0) is 33.1 Å². The number of hydrogen-bond donors (Lipinski definition) is 1. The summed E-state index contributed by atoms with van der Waals surface area (Å²) in [4.78, 5) is 24.4. The number of carbonyl (C=O) groups is 1. The molecule has 0 spiro atoms. The smallest absolute Gasteiger partial charge is 0.304 e. The highest BCUT2D eigenvalue weighted by molar-refractivity contribution is 7.18. The van der Waals surface area contributed by atoms with Crippen molar-refractivity contribution in [3.8, 4) is 0 Å². The lowest BCUT2D eigenvalue weighted by Crippen LogP contribution is -2.28. The van der Waals surface area contributed by atoms with Crippen LogP contribution in [-0.2, 0) is 0 Å². The van der Waals surface area contributed by atoms with Crippen LogP contribution < -0.4 is 4.90 Å². The van der Waals surface area contributed by atoms with Gasteiger partial charge in [0.1, 0.15) is 0 Å². The highest BCUT2D eigenvalue weighted by atomic mass is 32.1. The molecule has 2 rings (SSSR count). The largest absolute Gasteiger partial charge is 0.390 e. The third-order valence-electron chi connectivity index (χ3n) is 3.59. The summed E-state index contributed by atoms with van der Waals surface area (Å²) in [5.74, 6) is -0.161. The molecule has 1 fully saturated rings. The van der Waals surface area contributed by atoms with Crippen molar-refractivity contribution in [2.45, 2.75) is 38.7 Å². The third-order valence-corrected chi connectivity index (χ3v) is 4.87. The Morgan fingerprint density at radius 2 is 2.20 bits per heavy atom. The first kappa shape index (κ1) is 14.9. The molecule has 1 saturated heterocycles. The van der Waals surface area contributed by atoms with Gasteiger partial charge in [0.05, 0.1) is 15.4 Å². The molecule has 0 aromatic carbocycles. The quantitative estimate of drug-likeness (QED) is 0.527. The van der Waals surface area contributed by atoms with Crippen molar-refractivity contribution in [1.82, 2.24) is 0 Å². The molecule has 1 N–H and O–H groups in total. The van der Waals surface area contributed by atoms with Crippen LogP contribution >= 0.6 is 11.3 Å². The average molecular weight is 298 g/mol. The zero-order valence-corrected chi connectivity index (χ0v) is 12.4. The number of ketones is 1. The van der Waals surface area contributed by atoms with Crippen molar-refractivity contribution in [3.63, 3.8) is 0 Å².